The minimum absolute atomic E-state index is 0.442. The largest absolute Gasteiger partial charge is 0.496 e. The number of aryl methyl sites for hydroxylation is 1. The first-order valence-corrected chi connectivity index (χ1v) is 5.97. The Bertz CT molecular complexity index is 311. The van der Waals surface area contributed by atoms with E-state index >= 15 is 0 Å². The van der Waals surface area contributed by atoms with E-state index in [0.717, 1.165) is 27.8 Å². The number of halogens is 1. The molecule has 1 aromatic carbocycles. The highest BCUT2D eigenvalue weighted by Crippen LogP contribution is 2.34. The van der Waals surface area contributed by atoms with E-state index in [4.69, 9.17) is 4.74 Å². The summed E-state index contributed by atoms with van der Waals surface area (Å²) < 4.78 is 6.29. The van der Waals surface area contributed by atoms with Crippen LogP contribution in [0.5, 0.6) is 5.75 Å². The molecule has 1 N–H and O–H groups in total. The molecule has 0 spiro atoms. The van der Waals surface area contributed by atoms with Crippen LogP contribution < -0.4 is 4.74 Å². The van der Waals surface area contributed by atoms with Crippen LogP contribution in [0, 0.1) is 0 Å². The van der Waals surface area contributed by atoms with Gasteiger partial charge in [-0.15, -0.1) is 0 Å². The highest BCUT2D eigenvalue weighted by atomic mass is 79.9. The summed E-state index contributed by atoms with van der Waals surface area (Å²) in [7, 11) is 1.63. The molecule has 1 rings (SSSR count). The number of methoxy groups -OCH3 is 1. The first-order chi connectivity index (χ1) is 7.13. The topological polar surface area (TPSA) is 29.5 Å². The maximum Gasteiger partial charge on any atom is 0.126 e. The standard InChI is InChI=1S/C12H17BrO2/c1-4-8-6-9(13)7-11(15-3)12(8)10(14)5-2/h6-7,10,14H,4-5H2,1-3H3. The predicted octanol–water partition coefficient (Wildman–Crippen LogP) is 3.46. The van der Waals surface area contributed by atoms with Crippen LogP contribution in [0.15, 0.2) is 16.6 Å². The lowest BCUT2D eigenvalue weighted by molar-refractivity contribution is 0.168. The van der Waals surface area contributed by atoms with Crippen molar-refractivity contribution < 1.29 is 9.84 Å². The summed E-state index contributed by atoms with van der Waals surface area (Å²) in [4.78, 5) is 0. The summed E-state index contributed by atoms with van der Waals surface area (Å²) in [5.41, 5.74) is 2.06. The molecule has 0 aliphatic carbocycles. The molecule has 15 heavy (non-hydrogen) atoms. The molecule has 0 bridgehead atoms. The van der Waals surface area contributed by atoms with Gasteiger partial charge >= 0.3 is 0 Å². The molecule has 1 aromatic rings. The van der Waals surface area contributed by atoms with Crippen LogP contribution in [0.4, 0.5) is 0 Å². The van der Waals surface area contributed by atoms with E-state index in [1.165, 1.54) is 0 Å². The van der Waals surface area contributed by atoms with Crippen molar-refractivity contribution >= 4 is 15.9 Å². The zero-order valence-electron chi connectivity index (χ0n) is 9.38. The van der Waals surface area contributed by atoms with Crippen molar-refractivity contribution in [1.29, 1.82) is 0 Å². The first-order valence-electron chi connectivity index (χ1n) is 5.18. The monoisotopic (exact) mass is 272 g/mol. The lowest BCUT2D eigenvalue weighted by Crippen LogP contribution is -2.04. The van der Waals surface area contributed by atoms with Crippen LogP contribution in [0.3, 0.4) is 0 Å². The number of hydrogen-bond donors (Lipinski definition) is 1. The number of aliphatic hydroxyl groups excluding tert-OH is 1. The highest BCUT2D eigenvalue weighted by molar-refractivity contribution is 9.10. The van der Waals surface area contributed by atoms with E-state index < -0.39 is 6.10 Å². The summed E-state index contributed by atoms with van der Waals surface area (Å²) in [6, 6.07) is 3.93. The minimum Gasteiger partial charge on any atom is -0.496 e. The van der Waals surface area contributed by atoms with E-state index in [0.29, 0.717) is 6.42 Å². The highest BCUT2D eigenvalue weighted by Gasteiger charge is 2.16. The molecule has 2 nitrogen and oxygen atoms in total. The van der Waals surface area contributed by atoms with Crippen molar-refractivity contribution in [3.8, 4) is 5.75 Å². The molecule has 1 atom stereocenters. The SMILES string of the molecule is CCc1cc(Br)cc(OC)c1C(O)CC. The van der Waals surface area contributed by atoms with Crippen molar-refractivity contribution in [2.45, 2.75) is 32.8 Å². The van der Waals surface area contributed by atoms with Crippen LogP contribution in [0.1, 0.15) is 37.5 Å². The molecule has 0 saturated heterocycles. The Labute approximate surface area is 99.4 Å². The Balaban J connectivity index is 3.30. The van der Waals surface area contributed by atoms with Gasteiger partial charge in [-0.1, -0.05) is 29.8 Å². The van der Waals surface area contributed by atoms with Crippen LogP contribution in [0.2, 0.25) is 0 Å². The molecule has 0 saturated carbocycles. The van der Waals surface area contributed by atoms with Gasteiger partial charge in [-0.25, -0.2) is 0 Å². The van der Waals surface area contributed by atoms with Crippen molar-refractivity contribution in [2.75, 3.05) is 7.11 Å². The first kappa shape index (κ1) is 12.5. The Hall–Kier alpha value is -0.540. The molecule has 0 fully saturated rings. The zero-order chi connectivity index (χ0) is 11.4. The molecule has 0 heterocycles. The van der Waals surface area contributed by atoms with Crippen molar-refractivity contribution in [2.24, 2.45) is 0 Å². The minimum atomic E-state index is -0.442. The number of benzene rings is 1. The van der Waals surface area contributed by atoms with Gasteiger partial charge in [0.25, 0.3) is 0 Å². The van der Waals surface area contributed by atoms with Gasteiger partial charge in [-0.2, -0.15) is 0 Å². The third kappa shape index (κ3) is 2.73. The predicted molar refractivity (Wildman–Crippen MR) is 65.3 cm³/mol. The van der Waals surface area contributed by atoms with Gasteiger partial charge < -0.3 is 9.84 Å². The Morgan fingerprint density at radius 1 is 1.40 bits per heavy atom. The van der Waals surface area contributed by atoms with Crippen LogP contribution in [0.25, 0.3) is 0 Å². The van der Waals surface area contributed by atoms with Crippen LogP contribution in [-0.4, -0.2) is 12.2 Å². The number of hydrogen-bond acceptors (Lipinski definition) is 2. The molecule has 0 amide bonds. The fourth-order valence-corrected chi connectivity index (χ4v) is 2.18. The molecule has 0 aliphatic rings. The van der Waals surface area contributed by atoms with E-state index in [-0.39, 0.29) is 0 Å². The fourth-order valence-electron chi connectivity index (χ4n) is 1.69. The van der Waals surface area contributed by atoms with Crippen LogP contribution >= 0.6 is 15.9 Å². The normalized spacial score (nSPS) is 12.6. The Kier molecular flexibility index (Phi) is 4.61. The van der Waals surface area contributed by atoms with Gasteiger partial charge in [-0.3, -0.25) is 0 Å². The Morgan fingerprint density at radius 3 is 2.53 bits per heavy atom. The molecule has 0 aliphatic heterocycles. The molecule has 0 radical (unpaired) electrons. The Morgan fingerprint density at radius 2 is 2.07 bits per heavy atom. The second kappa shape index (κ2) is 5.52. The van der Waals surface area contributed by atoms with Gasteiger partial charge in [0.15, 0.2) is 0 Å². The quantitative estimate of drug-likeness (QED) is 0.910. The molecule has 1 unspecified atom stereocenters. The van der Waals surface area contributed by atoms with Gasteiger partial charge in [0.2, 0.25) is 0 Å². The average molecular weight is 273 g/mol. The van der Waals surface area contributed by atoms with E-state index in [1.54, 1.807) is 7.11 Å². The molecule has 84 valence electrons. The van der Waals surface area contributed by atoms with Crippen LogP contribution in [-0.2, 0) is 6.42 Å². The summed E-state index contributed by atoms with van der Waals surface area (Å²) in [5, 5.41) is 9.95. The van der Waals surface area contributed by atoms with Gasteiger partial charge in [-0.05, 0) is 30.5 Å². The molecular formula is C12H17BrO2. The number of rotatable bonds is 4. The maximum absolute atomic E-state index is 9.95. The smallest absolute Gasteiger partial charge is 0.126 e. The second-order valence-corrected chi connectivity index (χ2v) is 4.37. The van der Waals surface area contributed by atoms with Crippen molar-refractivity contribution in [1.82, 2.24) is 0 Å². The number of aliphatic hydroxyl groups is 1. The maximum atomic E-state index is 9.95. The molecular weight excluding hydrogens is 256 g/mol. The zero-order valence-corrected chi connectivity index (χ0v) is 11.0. The third-order valence-corrected chi connectivity index (χ3v) is 2.97. The van der Waals surface area contributed by atoms with Gasteiger partial charge in [0.05, 0.1) is 13.2 Å². The summed E-state index contributed by atoms with van der Waals surface area (Å²) >= 11 is 3.44. The third-order valence-electron chi connectivity index (χ3n) is 2.51. The molecule has 3 heteroatoms. The van der Waals surface area contributed by atoms with E-state index in [1.807, 2.05) is 19.1 Å². The fraction of sp³-hybridized carbons (Fsp3) is 0.500. The lowest BCUT2D eigenvalue weighted by Gasteiger charge is -2.17. The second-order valence-electron chi connectivity index (χ2n) is 3.46. The van der Waals surface area contributed by atoms with E-state index in [9.17, 15) is 5.11 Å². The van der Waals surface area contributed by atoms with Crippen molar-refractivity contribution in [3.05, 3.63) is 27.7 Å². The average Bonchev–Trinajstić information content (AvgIpc) is 2.26. The molecule has 0 aromatic heterocycles. The van der Waals surface area contributed by atoms with E-state index in [2.05, 4.69) is 22.9 Å². The lowest BCUT2D eigenvalue weighted by atomic mass is 9.98. The number of ether oxygens (including phenoxy) is 1. The summed E-state index contributed by atoms with van der Waals surface area (Å²) in [6.07, 6.45) is 1.15. The summed E-state index contributed by atoms with van der Waals surface area (Å²) in [5.74, 6) is 0.760. The van der Waals surface area contributed by atoms with Gasteiger partial charge in [0.1, 0.15) is 5.75 Å². The summed E-state index contributed by atoms with van der Waals surface area (Å²) in [6.45, 7) is 4.04. The van der Waals surface area contributed by atoms with Crippen molar-refractivity contribution in [3.63, 3.8) is 0 Å². The van der Waals surface area contributed by atoms with Gasteiger partial charge in [0, 0.05) is 10.0 Å².